The van der Waals surface area contributed by atoms with E-state index in [0.717, 1.165) is 0 Å². The summed E-state index contributed by atoms with van der Waals surface area (Å²) in [5.74, 6) is -1.31. The average molecular weight is 269 g/mol. The molecule has 15 heavy (non-hydrogen) atoms. The van der Waals surface area contributed by atoms with Crippen molar-refractivity contribution in [3.05, 3.63) is 24.3 Å². The summed E-state index contributed by atoms with van der Waals surface area (Å²) >= 11 is 17.2. The van der Waals surface area contributed by atoms with Crippen LogP contribution in [0.15, 0.2) is 29.5 Å². The highest BCUT2D eigenvalue weighted by Gasteiger charge is 2.43. The quantitative estimate of drug-likeness (QED) is 0.370. The lowest BCUT2D eigenvalue weighted by Gasteiger charge is -2.29. The molecule has 0 amide bonds. The van der Waals surface area contributed by atoms with Gasteiger partial charge in [-0.05, 0) is 0 Å². The minimum atomic E-state index is -1.36. The van der Waals surface area contributed by atoms with Crippen LogP contribution in [-0.4, -0.2) is 26.9 Å². The smallest absolute Gasteiger partial charge is 0.173 e. The van der Waals surface area contributed by atoms with E-state index in [2.05, 4.69) is 5.16 Å². The van der Waals surface area contributed by atoms with Crippen molar-refractivity contribution >= 4 is 45.8 Å². The van der Waals surface area contributed by atoms with Crippen LogP contribution >= 0.6 is 34.8 Å². The maximum atomic E-state index is 11.6. The molecule has 0 fully saturated rings. The lowest BCUT2D eigenvalue weighted by atomic mass is 9.85. The van der Waals surface area contributed by atoms with Crippen LogP contribution in [0.5, 0.6) is 0 Å². The highest BCUT2D eigenvalue weighted by molar-refractivity contribution is 6.67. The SMILES string of the molecule is O=C(CCl)C1(Cl)C=CC=CC1C(Cl)=NO. The van der Waals surface area contributed by atoms with Gasteiger partial charge in [0.05, 0.1) is 11.8 Å². The summed E-state index contributed by atoms with van der Waals surface area (Å²) < 4.78 is 0. The Labute approximate surface area is 102 Å². The molecule has 0 bridgehead atoms. The van der Waals surface area contributed by atoms with Gasteiger partial charge in [0.1, 0.15) is 4.87 Å². The van der Waals surface area contributed by atoms with Crippen LogP contribution in [0.1, 0.15) is 0 Å². The van der Waals surface area contributed by atoms with E-state index in [4.69, 9.17) is 40.0 Å². The van der Waals surface area contributed by atoms with E-state index in [9.17, 15) is 4.79 Å². The molecule has 1 N–H and O–H groups in total. The molecule has 0 radical (unpaired) electrons. The van der Waals surface area contributed by atoms with Gasteiger partial charge in [0, 0.05) is 0 Å². The Balaban J connectivity index is 3.09. The number of alkyl halides is 2. The van der Waals surface area contributed by atoms with E-state index in [-0.39, 0.29) is 11.1 Å². The van der Waals surface area contributed by atoms with Crippen molar-refractivity contribution in [1.29, 1.82) is 0 Å². The number of rotatable bonds is 3. The number of halogens is 3. The van der Waals surface area contributed by atoms with Crippen molar-refractivity contribution in [3.8, 4) is 0 Å². The van der Waals surface area contributed by atoms with Gasteiger partial charge in [-0.15, -0.1) is 23.2 Å². The number of allylic oxidation sites excluding steroid dienone is 4. The minimum Gasteiger partial charge on any atom is -0.410 e. The zero-order chi connectivity index (χ0) is 11.5. The molecular weight excluding hydrogens is 260 g/mol. The summed E-state index contributed by atoms with van der Waals surface area (Å²) in [6.45, 7) is 0. The van der Waals surface area contributed by atoms with E-state index in [1.807, 2.05) is 0 Å². The van der Waals surface area contributed by atoms with E-state index in [1.165, 1.54) is 6.08 Å². The van der Waals surface area contributed by atoms with Crippen LogP contribution in [0.2, 0.25) is 0 Å². The van der Waals surface area contributed by atoms with Crippen molar-refractivity contribution in [1.82, 2.24) is 0 Å². The number of carbonyl (C=O) groups excluding carboxylic acids is 1. The Kier molecular flexibility index (Phi) is 4.20. The lowest BCUT2D eigenvalue weighted by molar-refractivity contribution is -0.118. The van der Waals surface area contributed by atoms with Gasteiger partial charge in [-0.2, -0.15) is 0 Å². The van der Waals surface area contributed by atoms with E-state index in [0.29, 0.717) is 0 Å². The van der Waals surface area contributed by atoms with Gasteiger partial charge < -0.3 is 5.21 Å². The number of oxime groups is 1. The van der Waals surface area contributed by atoms with Crippen molar-refractivity contribution in [2.45, 2.75) is 4.87 Å². The minimum absolute atomic E-state index is 0.149. The predicted octanol–water partition coefficient (Wildman–Crippen LogP) is 2.54. The number of hydrogen-bond donors (Lipinski definition) is 1. The first kappa shape index (κ1) is 12.6. The summed E-state index contributed by atoms with van der Waals surface area (Å²) in [6.07, 6.45) is 6.35. The zero-order valence-corrected chi connectivity index (χ0v) is 9.80. The van der Waals surface area contributed by atoms with Gasteiger partial charge in [0.25, 0.3) is 0 Å². The van der Waals surface area contributed by atoms with Crippen molar-refractivity contribution in [2.24, 2.45) is 11.1 Å². The average Bonchev–Trinajstić information content (AvgIpc) is 2.27. The highest BCUT2D eigenvalue weighted by Crippen LogP contribution is 2.34. The topological polar surface area (TPSA) is 49.7 Å². The molecule has 0 aromatic heterocycles. The van der Waals surface area contributed by atoms with Gasteiger partial charge in [-0.1, -0.05) is 41.1 Å². The fourth-order valence-electron chi connectivity index (χ4n) is 1.30. The molecule has 0 aliphatic heterocycles. The molecule has 0 heterocycles. The molecule has 0 saturated carbocycles. The van der Waals surface area contributed by atoms with Crippen molar-refractivity contribution in [2.75, 3.05) is 5.88 Å². The monoisotopic (exact) mass is 267 g/mol. The number of ketones is 1. The number of hydrogen-bond acceptors (Lipinski definition) is 3. The maximum absolute atomic E-state index is 11.6. The molecule has 1 aliphatic rings. The van der Waals surface area contributed by atoms with Crippen LogP contribution in [0, 0.1) is 5.92 Å². The van der Waals surface area contributed by atoms with Crippen LogP contribution in [0.3, 0.4) is 0 Å². The van der Waals surface area contributed by atoms with Gasteiger partial charge in [-0.3, -0.25) is 4.79 Å². The second-order valence-electron chi connectivity index (χ2n) is 2.97. The molecule has 82 valence electrons. The lowest BCUT2D eigenvalue weighted by Crippen LogP contribution is -2.42. The van der Waals surface area contributed by atoms with Gasteiger partial charge in [0.15, 0.2) is 11.0 Å². The molecule has 6 heteroatoms. The second kappa shape index (κ2) is 5.01. The molecule has 1 rings (SSSR count). The normalized spacial score (nSPS) is 30.6. The van der Waals surface area contributed by atoms with E-state index >= 15 is 0 Å². The molecule has 3 nitrogen and oxygen atoms in total. The molecule has 2 unspecified atom stereocenters. The molecular formula is C9H8Cl3NO2. The third-order valence-electron chi connectivity index (χ3n) is 2.11. The Morgan fingerprint density at radius 3 is 2.73 bits per heavy atom. The summed E-state index contributed by atoms with van der Waals surface area (Å²) in [4.78, 5) is 10.2. The number of carbonyl (C=O) groups is 1. The van der Waals surface area contributed by atoms with Gasteiger partial charge >= 0.3 is 0 Å². The third kappa shape index (κ3) is 2.36. The first-order valence-corrected chi connectivity index (χ1v) is 5.37. The molecule has 0 saturated heterocycles. The van der Waals surface area contributed by atoms with E-state index in [1.54, 1.807) is 18.2 Å². The molecule has 2 atom stereocenters. The summed E-state index contributed by atoms with van der Waals surface area (Å²) in [6, 6.07) is 0. The fraction of sp³-hybridized carbons (Fsp3) is 0.333. The standard InChI is InChI=1S/C9H8Cl3NO2/c10-5-7(14)9(12)4-2-1-3-6(9)8(11)13-15/h1-4,6,15H,5H2. The Morgan fingerprint density at radius 1 is 1.53 bits per heavy atom. The largest absolute Gasteiger partial charge is 0.410 e. The van der Waals surface area contributed by atoms with Crippen LogP contribution < -0.4 is 0 Å². The second-order valence-corrected chi connectivity index (χ2v) is 4.25. The summed E-state index contributed by atoms with van der Waals surface area (Å²) in [5.41, 5.74) is 0. The maximum Gasteiger partial charge on any atom is 0.173 e. The first-order valence-electron chi connectivity index (χ1n) is 4.08. The molecule has 1 aliphatic carbocycles. The Bertz CT molecular complexity index is 351. The van der Waals surface area contributed by atoms with Crippen LogP contribution in [0.25, 0.3) is 0 Å². The summed E-state index contributed by atoms with van der Waals surface area (Å²) in [7, 11) is 0. The van der Waals surface area contributed by atoms with E-state index < -0.39 is 16.6 Å². The molecule has 0 aromatic carbocycles. The highest BCUT2D eigenvalue weighted by atomic mass is 35.5. The van der Waals surface area contributed by atoms with Crippen molar-refractivity contribution < 1.29 is 10.0 Å². The summed E-state index contributed by atoms with van der Waals surface area (Å²) in [5, 5.41) is 11.3. The third-order valence-corrected chi connectivity index (χ3v) is 3.23. The number of Topliss-reactive ketones (excluding diaryl/α,β-unsaturated/α-hetero) is 1. The molecule has 0 aromatic rings. The fourth-order valence-corrected chi connectivity index (χ4v) is 2.20. The van der Waals surface area contributed by atoms with Crippen molar-refractivity contribution in [3.63, 3.8) is 0 Å². The zero-order valence-electron chi connectivity index (χ0n) is 7.53. The van der Waals surface area contributed by atoms with Crippen LogP contribution in [-0.2, 0) is 4.79 Å². The van der Waals surface area contributed by atoms with Crippen LogP contribution in [0.4, 0.5) is 0 Å². The predicted molar refractivity (Wildman–Crippen MR) is 61.2 cm³/mol. The molecule has 0 spiro atoms. The Hall–Kier alpha value is -0.510. The Morgan fingerprint density at radius 2 is 2.20 bits per heavy atom. The number of nitrogens with zero attached hydrogens (tertiary/aromatic N) is 1. The van der Waals surface area contributed by atoms with Gasteiger partial charge in [0.2, 0.25) is 0 Å². The van der Waals surface area contributed by atoms with Gasteiger partial charge in [-0.25, -0.2) is 0 Å². The first-order chi connectivity index (χ1) is 7.06.